The van der Waals surface area contributed by atoms with Crippen molar-refractivity contribution < 1.29 is 9.18 Å². The number of benzene rings is 1. The molecule has 8 heteroatoms. The van der Waals surface area contributed by atoms with E-state index >= 15 is 0 Å². The van der Waals surface area contributed by atoms with Crippen LogP contribution in [0, 0.1) is 5.82 Å². The third-order valence-corrected chi connectivity index (χ3v) is 3.74. The second kappa shape index (κ2) is 6.60. The molecule has 7 nitrogen and oxygen atoms in total. The van der Waals surface area contributed by atoms with Crippen molar-refractivity contribution in [3.05, 3.63) is 78.9 Å². The molecule has 0 fully saturated rings. The minimum Gasteiger partial charge on any atom is -0.357 e. The Morgan fingerprint density at radius 1 is 1.12 bits per heavy atom. The smallest absolute Gasteiger partial charge is 0.273 e. The Bertz CT molecular complexity index is 1040. The molecule has 1 aromatic carbocycles. The van der Waals surface area contributed by atoms with E-state index in [2.05, 4.69) is 25.4 Å². The van der Waals surface area contributed by atoms with Crippen molar-refractivity contribution in [2.24, 2.45) is 0 Å². The van der Waals surface area contributed by atoms with Gasteiger partial charge >= 0.3 is 0 Å². The first-order valence-corrected chi connectivity index (χ1v) is 7.77. The molecule has 0 unspecified atom stereocenters. The second-order valence-electron chi connectivity index (χ2n) is 5.48. The van der Waals surface area contributed by atoms with Crippen molar-refractivity contribution in [3.63, 3.8) is 0 Å². The molecular formula is C18H13FN6O. The Balaban J connectivity index is 1.52. The maximum Gasteiger partial charge on any atom is 0.273 e. The number of aromatic amines is 1. The maximum atomic E-state index is 13.0. The van der Waals surface area contributed by atoms with Gasteiger partial charge in [0.2, 0.25) is 0 Å². The molecule has 0 bridgehead atoms. The van der Waals surface area contributed by atoms with Gasteiger partial charge in [0.25, 0.3) is 5.91 Å². The van der Waals surface area contributed by atoms with Crippen LogP contribution in [0.15, 0.2) is 67.4 Å². The molecule has 3 heterocycles. The van der Waals surface area contributed by atoms with Crippen molar-refractivity contribution in [1.29, 1.82) is 0 Å². The quantitative estimate of drug-likeness (QED) is 0.593. The van der Waals surface area contributed by atoms with Crippen LogP contribution < -0.4 is 5.32 Å². The van der Waals surface area contributed by atoms with Crippen molar-refractivity contribution in [3.8, 4) is 16.9 Å². The Kier molecular flexibility index (Phi) is 3.98. The van der Waals surface area contributed by atoms with Crippen LogP contribution >= 0.6 is 0 Å². The summed E-state index contributed by atoms with van der Waals surface area (Å²) in [5, 5.41) is 6.80. The zero-order valence-corrected chi connectivity index (χ0v) is 13.4. The number of anilines is 1. The number of rotatable bonds is 4. The molecule has 0 radical (unpaired) electrons. The van der Waals surface area contributed by atoms with E-state index in [1.54, 1.807) is 53.6 Å². The van der Waals surface area contributed by atoms with E-state index in [0.29, 0.717) is 17.3 Å². The topological polar surface area (TPSA) is 88.5 Å². The molecule has 128 valence electrons. The summed E-state index contributed by atoms with van der Waals surface area (Å²) in [5.74, 6) is 0.245. The molecule has 0 spiro atoms. The van der Waals surface area contributed by atoms with Gasteiger partial charge in [0.15, 0.2) is 5.82 Å². The summed E-state index contributed by atoms with van der Waals surface area (Å²) in [5.41, 5.74) is 1.96. The average molecular weight is 348 g/mol. The molecule has 26 heavy (non-hydrogen) atoms. The number of hydrogen-bond acceptors (Lipinski definition) is 4. The molecule has 2 N–H and O–H groups in total. The summed E-state index contributed by atoms with van der Waals surface area (Å²) in [7, 11) is 0. The third-order valence-electron chi connectivity index (χ3n) is 3.74. The normalized spacial score (nSPS) is 10.7. The number of hydrogen-bond donors (Lipinski definition) is 2. The van der Waals surface area contributed by atoms with E-state index in [-0.39, 0.29) is 11.7 Å². The van der Waals surface area contributed by atoms with Gasteiger partial charge in [-0.15, -0.1) is 0 Å². The molecule has 0 saturated carbocycles. The number of nitrogens with zero attached hydrogens (tertiary/aromatic N) is 4. The van der Waals surface area contributed by atoms with Crippen LogP contribution in [-0.4, -0.2) is 30.6 Å². The Hall–Kier alpha value is -3.81. The molecule has 0 atom stereocenters. The summed E-state index contributed by atoms with van der Waals surface area (Å²) < 4.78 is 14.6. The molecule has 3 aromatic heterocycles. The predicted octanol–water partition coefficient (Wildman–Crippen LogP) is 3.05. The molecule has 0 aliphatic carbocycles. The first-order valence-electron chi connectivity index (χ1n) is 7.77. The summed E-state index contributed by atoms with van der Waals surface area (Å²) in [6.07, 6.45) is 6.42. The van der Waals surface area contributed by atoms with Gasteiger partial charge in [0.05, 0.1) is 0 Å². The molecule has 4 aromatic rings. The molecular weight excluding hydrogens is 335 g/mol. The highest BCUT2D eigenvalue weighted by Gasteiger charge is 2.11. The van der Waals surface area contributed by atoms with Gasteiger partial charge in [-0.05, 0) is 35.4 Å². The maximum absolute atomic E-state index is 13.0. The van der Waals surface area contributed by atoms with E-state index in [4.69, 9.17) is 0 Å². The van der Waals surface area contributed by atoms with Crippen molar-refractivity contribution in [2.45, 2.75) is 0 Å². The Morgan fingerprint density at radius 2 is 1.96 bits per heavy atom. The highest BCUT2D eigenvalue weighted by molar-refractivity contribution is 6.03. The van der Waals surface area contributed by atoms with Crippen LogP contribution in [0.1, 0.15) is 10.5 Å². The fraction of sp³-hybridized carbons (Fsp3) is 0. The summed E-state index contributed by atoms with van der Waals surface area (Å²) in [6.45, 7) is 0. The zero-order valence-electron chi connectivity index (χ0n) is 13.4. The monoisotopic (exact) mass is 348 g/mol. The van der Waals surface area contributed by atoms with Crippen LogP contribution in [0.2, 0.25) is 0 Å². The van der Waals surface area contributed by atoms with Crippen LogP contribution in [0.25, 0.3) is 16.9 Å². The molecule has 0 aliphatic rings. The number of H-pyrrole nitrogens is 1. The summed E-state index contributed by atoms with van der Waals surface area (Å²) in [6, 6.07) is 11.1. The Labute approximate surface area is 147 Å². The largest absolute Gasteiger partial charge is 0.357 e. The molecule has 1 amide bonds. The number of amides is 1. The zero-order chi connectivity index (χ0) is 17.9. The standard InChI is InChI=1S/C18H13FN6O/c19-14-4-2-12(3-5-14)13-8-15(20-10-13)18(26)24-16-9-17(22-11-21-16)25-7-1-6-23-25/h1-11,20H,(H,21,22,24,26). The van der Waals surface area contributed by atoms with Gasteiger partial charge in [-0.2, -0.15) is 5.10 Å². The van der Waals surface area contributed by atoms with E-state index in [0.717, 1.165) is 11.1 Å². The average Bonchev–Trinajstić information content (AvgIpc) is 3.35. The number of carbonyl (C=O) groups excluding carboxylic acids is 1. The number of halogens is 1. The van der Waals surface area contributed by atoms with Crippen LogP contribution in [0.3, 0.4) is 0 Å². The lowest BCUT2D eigenvalue weighted by molar-refractivity contribution is 0.102. The number of aromatic nitrogens is 5. The molecule has 0 aliphatic heterocycles. The SMILES string of the molecule is O=C(Nc1cc(-n2cccn2)ncn1)c1cc(-c2ccc(F)cc2)c[nH]1. The van der Waals surface area contributed by atoms with Gasteiger partial charge < -0.3 is 10.3 Å². The predicted molar refractivity (Wildman–Crippen MR) is 93.3 cm³/mol. The minimum atomic E-state index is -0.344. The Morgan fingerprint density at radius 3 is 2.73 bits per heavy atom. The second-order valence-corrected chi connectivity index (χ2v) is 5.48. The van der Waals surface area contributed by atoms with Crippen LogP contribution in [0.5, 0.6) is 0 Å². The van der Waals surface area contributed by atoms with Gasteiger partial charge in [-0.3, -0.25) is 4.79 Å². The van der Waals surface area contributed by atoms with E-state index in [1.165, 1.54) is 18.5 Å². The van der Waals surface area contributed by atoms with Crippen LogP contribution in [0.4, 0.5) is 10.2 Å². The fourth-order valence-corrected chi connectivity index (χ4v) is 2.46. The third kappa shape index (κ3) is 3.20. The van der Waals surface area contributed by atoms with Gasteiger partial charge in [0, 0.05) is 24.7 Å². The van der Waals surface area contributed by atoms with Gasteiger partial charge in [-0.25, -0.2) is 19.0 Å². The summed E-state index contributed by atoms with van der Waals surface area (Å²) in [4.78, 5) is 23.5. The first-order chi connectivity index (χ1) is 12.7. The van der Waals surface area contributed by atoms with Crippen molar-refractivity contribution in [1.82, 2.24) is 24.7 Å². The van der Waals surface area contributed by atoms with Crippen LogP contribution in [-0.2, 0) is 0 Å². The lowest BCUT2D eigenvalue weighted by atomic mass is 10.1. The van der Waals surface area contributed by atoms with Gasteiger partial charge in [0.1, 0.15) is 23.7 Å². The first kappa shape index (κ1) is 15.7. The summed E-state index contributed by atoms with van der Waals surface area (Å²) >= 11 is 0. The van der Waals surface area contributed by atoms with Crippen molar-refractivity contribution >= 4 is 11.7 Å². The van der Waals surface area contributed by atoms with E-state index < -0.39 is 0 Å². The highest BCUT2D eigenvalue weighted by atomic mass is 19.1. The highest BCUT2D eigenvalue weighted by Crippen LogP contribution is 2.21. The minimum absolute atomic E-state index is 0.306. The number of carbonyl (C=O) groups is 1. The lowest BCUT2D eigenvalue weighted by Crippen LogP contribution is -2.14. The molecule has 4 rings (SSSR count). The molecule has 0 saturated heterocycles. The van der Waals surface area contributed by atoms with E-state index in [9.17, 15) is 9.18 Å². The lowest BCUT2D eigenvalue weighted by Gasteiger charge is -2.05. The van der Waals surface area contributed by atoms with E-state index in [1.807, 2.05) is 0 Å². The fourth-order valence-electron chi connectivity index (χ4n) is 2.46. The van der Waals surface area contributed by atoms with Gasteiger partial charge in [-0.1, -0.05) is 12.1 Å². The van der Waals surface area contributed by atoms with Crippen molar-refractivity contribution in [2.75, 3.05) is 5.32 Å². The number of nitrogens with one attached hydrogen (secondary N) is 2.